The van der Waals surface area contributed by atoms with E-state index in [4.69, 9.17) is 0 Å². The van der Waals surface area contributed by atoms with Crippen molar-refractivity contribution in [2.75, 3.05) is 12.3 Å². The van der Waals surface area contributed by atoms with Crippen molar-refractivity contribution in [1.29, 1.82) is 0 Å². The summed E-state index contributed by atoms with van der Waals surface area (Å²) < 4.78 is 0.980. The van der Waals surface area contributed by atoms with Gasteiger partial charge in [0, 0.05) is 29.7 Å². The third-order valence-corrected chi connectivity index (χ3v) is 7.46. The Bertz CT molecular complexity index is 1120. The lowest BCUT2D eigenvalue weighted by atomic mass is 10.0. The van der Waals surface area contributed by atoms with Crippen molar-refractivity contribution in [2.24, 2.45) is 5.92 Å². The zero-order valence-electron chi connectivity index (χ0n) is 21.2. The number of aryl methyl sites for hydroxylation is 1. The fourth-order valence-electron chi connectivity index (χ4n) is 3.87. The second-order valence-corrected chi connectivity index (χ2v) is 11.3. The molecule has 3 aromatic carbocycles. The fraction of sp³-hybridized carbons (Fsp3) is 0.333. The van der Waals surface area contributed by atoms with Crippen molar-refractivity contribution >= 4 is 39.5 Å². The van der Waals surface area contributed by atoms with Crippen LogP contribution in [0.1, 0.15) is 36.1 Å². The van der Waals surface area contributed by atoms with Gasteiger partial charge in [-0.3, -0.25) is 9.59 Å². The Kier molecular flexibility index (Phi) is 11.1. The van der Waals surface area contributed by atoms with E-state index in [-0.39, 0.29) is 11.8 Å². The first kappa shape index (κ1) is 28.0. The van der Waals surface area contributed by atoms with Gasteiger partial charge < -0.3 is 10.2 Å². The molecule has 0 unspecified atom stereocenters. The molecular formula is C30H35BrN2O2S. The van der Waals surface area contributed by atoms with Gasteiger partial charge in [0.1, 0.15) is 6.04 Å². The maximum atomic E-state index is 13.7. The second kappa shape index (κ2) is 14.2. The summed E-state index contributed by atoms with van der Waals surface area (Å²) in [5, 5.41) is 3.07. The summed E-state index contributed by atoms with van der Waals surface area (Å²) in [4.78, 5) is 28.9. The molecular weight excluding hydrogens is 532 g/mol. The molecule has 0 bridgehead atoms. The molecule has 190 valence electrons. The Morgan fingerprint density at radius 2 is 1.58 bits per heavy atom. The standard InChI is InChI=1S/C30H35BrN2O2S/c1-22(2)18-32-30(35)28(17-24-10-5-4-6-11-24)33(19-25-13-15-27(31)16-14-25)29(34)21-36-20-26-12-8-7-9-23(26)3/h4-16,22,28H,17-21H2,1-3H3,(H,32,35)/t28-/m0/s1. The van der Waals surface area contributed by atoms with Gasteiger partial charge in [0.15, 0.2) is 0 Å². The van der Waals surface area contributed by atoms with Crippen LogP contribution in [0.5, 0.6) is 0 Å². The van der Waals surface area contributed by atoms with Crippen LogP contribution in [-0.2, 0) is 28.3 Å². The Balaban J connectivity index is 1.84. The van der Waals surface area contributed by atoms with E-state index < -0.39 is 6.04 Å². The molecule has 0 aromatic heterocycles. The SMILES string of the molecule is Cc1ccccc1CSCC(=O)N(Cc1ccc(Br)cc1)[C@@H](Cc1ccccc1)C(=O)NCC(C)C. The maximum absolute atomic E-state index is 13.7. The number of benzene rings is 3. The van der Waals surface area contributed by atoms with E-state index in [1.54, 1.807) is 16.7 Å². The maximum Gasteiger partial charge on any atom is 0.243 e. The molecule has 36 heavy (non-hydrogen) atoms. The summed E-state index contributed by atoms with van der Waals surface area (Å²) in [5.74, 6) is 1.26. The molecule has 0 saturated carbocycles. The number of carbonyl (C=O) groups is 2. The van der Waals surface area contributed by atoms with Gasteiger partial charge in [-0.15, -0.1) is 11.8 Å². The molecule has 0 aliphatic heterocycles. The average molecular weight is 568 g/mol. The second-order valence-electron chi connectivity index (χ2n) is 9.41. The first-order chi connectivity index (χ1) is 17.3. The van der Waals surface area contributed by atoms with E-state index in [2.05, 4.69) is 54.2 Å². The third-order valence-electron chi connectivity index (χ3n) is 5.97. The van der Waals surface area contributed by atoms with Gasteiger partial charge in [-0.1, -0.05) is 96.5 Å². The predicted octanol–water partition coefficient (Wildman–Crippen LogP) is 6.40. The summed E-state index contributed by atoms with van der Waals surface area (Å²) in [6.45, 7) is 7.18. The number of nitrogens with zero attached hydrogens (tertiary/aromatic N) is 1. The number of nitrogens with one attached hydrogen (secondary N) is 1. The van der Waals surface area contributed by atoms with Crippen LogP contribution in [0, 0.1) is 12.8 Å². The Morgan fingerprint density at radius 3 is 2.25 bits per heavy atom. The third kappa shape index (κ3) is 8.82. The molecule has 0 saturated heterocycles. The van der Waals surface area contributed by atoms with Crippen molar-refractivity contribution in [3.05, 3.63) is 106 Å². The molecule has 2 amide bonds. The lowest BCUT2D eigenvalue weighted by Gasteiger charge is -2.32. The summed E-state index contributed by atoms with van der Waals surface area (Å²) in [6, 6.07) is 25.5. The lowest BCUT2D eigenvalue weighted by Crippen LogP contribution is -2.51. The van der Waals surface area contributed by atoms with Crippen molar-refractivity contribution in [3.8, 4) is 0 Å². The van der Waals surface area contributed by atoms with E-state index in [9.17, 15) is 9.59 Å². The highest BCUT2D eigenvalue weighted by Crippen LogP contribution is 2.20. The van der Waals surface area contributed by atoms with E-state index in [0.29, 0.717) is 31.2 Å². The van der Waals surface area contributed by atoms with Gasteiger partial charge in [0.25, 0.3) is 0 Å². The summed E-state index contributed by atoms with van der Waals surface area (Å²) in [6.07, 6.45) is 0.468. The molecule has 1 atom stereocenters. The number of halogens is 1. The Labute approximate surface area is 228 Å². The largest absolute Gasteiger partial charge is 0.354 e. The minimum Gasteiger partial charge on any atom is -0.354 e. The van der Waals surface area contributed by atoms with Gasteiger partial charge in [0.05, 0.1) is 5.75 Å². The topological polar surface area (TPSA) is 49.4 Å². The zero-order chi connectivity index (χ0) is 25.9. The van der Waals surface area contributed by atoms with Crippen LogP contribution in [0.4, 0.5) is 0 Å². The summed E-state index contributed by atoms with van der Waals surface area (Å²) in [5.41, 5.74) is 4.47. The monoisotopic (exact) mass is 566 g/mol. The number of thioether (sulfide) groups is 1. The number of hydrogen-bond acceptors (Lipinski definition) is 3. The Hall–Kier alpha value is -2.57. The van der Waals surface area contributed by atoms with Crippen molar-refractivity contribution in [3.63, 3.8) is 0 Å². The van der Waals surface area contributed by atoms with Crippen LogP contribution < -0.4 is 5.32 Å². The van der Waals surface area contributed by atoms with Crippen LogP contribution in [0.15, 0.2) is 83.3 Å². The number of rotatable bonds is 12. The molecule has 0 spiro atoms. The zero-order valence-corrected chi connectivity index (χ0v) is 23.6. The molecule has 3 aromatic rings. The van der Waals surface area contributed by atoms with Crippen LogP contribution in [-0.4, -0.2) is 35.1 Å². The predicted molar refractivity (Wildman–Crippen MR) is 154 cm³/mol. The average Bonchev–Trinajstić information content (AvgIpc) is 2.87. The van der Waals surface area contributed by atoms with Crippen LogP contribution in [0.3, 0.4) is 0 Å². The molecule has 0 heterocycles. The molecule has 1 N–H and O–H groups in total. The highest BCUT2D eigenvalue weighted by atomic mass is 79.9. The minimum atomic E-state index is -0.596. The van der Waals surface area contributed by atoms with Crippen LogP contribution in [0.25, 0.3) is 0 Å². The molecule has 0 aliphatic carbocycles. The van der Waals surface area contributed by atoms with E-state index in [1.807, 2.05) is 66.7 Å². The highest BCUT2D eigenvalue weighted by Gasteiger charge is 2.30. The molecule has 0 fully saturated rings. The first-order valence-corrected chi connectivity index (χ1v) is 14.3. The lowest BCUT2D eigenvalue weighted by molar-refractivity contribution is -0.139. The summed E-state index contributed by atoms with van der Waals surface area (Å²) in [7, 11) is 0. The van der Waals surface area contributed by atoms with E-state index >= 15 is 0 Å². The van der Waals surface area contributed by atoms with Gasteiger partial charge in [-0.05, 0) is 47.2 Å². The minimum absolute atomic E-state index is 0.0304. The molecule has 0 radical (unpaired) electrons. The smallest absolute Gasteiger partial charge is 0.243 e. The van der Waals surface area contributed by atoms with Gasteiger partial charge in [-0.25, -0.2) is 0 Å². The van der Waals surface area contributed by atoms with E-state index in [0.717, 1.165) is 21.4 Å². The fourth-order valence-corrected chi connectivity index (χ4v) is 5.12. The van der Waals surface area contributed by atoms with Crippen molar-refractivity contribution < 1.29 is 9.59 Å². The van der Waals surface area contributed by atoms with Gasteiger partial charge in [-0.2, -0.15) is 0 Å². The normalized spacial score (nSPS) is 11.8. The van der Waals surface area contributed by atoms with Crippen LogP contribution in [0.2, 0.25) is 0 Å². The van der Waals surface area contributed by atoms with Crippen molar-refractivity contribution in [2.45, 2.75) is 45.5 Å². The summed E-state index contributed by atoms with van der Waals surface area (Å²) >= 11 is 5.08. The number of hydrogen-bond donors (Lipinski definition) is 1. The van der Waals surface area contributed by atoms with Crippen LogP contribution >= 0.6 is 27.7 Å². The van der Waals surface area contributed by atoms with Crippen molar-refractivity contribution in [1.82, 2.24) is 10.2 Å². The molecule has 0 aliphatic rings. The molecule has 6 heteroatoms. The highest BCUT2D eigenvalue weighted by molar-refractivity contribution is 9.10. The van der Waals surface area contributed by atoms with Gasteiger partial charge >= 0.3 is 0 Å². The first-order valence-electron chi connectivity index (χ1n) is 12.3. The molecule has 4 nitrogen and oxygen atoms in total. The number of carbonyl (C=O) groups excluding carboxylic acids is 2. The van der Waals surface area contributed by atoms with E-state index in [1.165, 1.54) is 11.1 Å². The molecule has 3 rings (SSSR count). The van der Waals surface area contributed by atoms with Gasteiger partial charge in [0.2, 0.25) is 11.8 Å². The number of amides is 2. The Morgan fingerprint density at radius 1 is 0.917 bits per heavy atom. The quantitative estimate of drug-likeness (QED) is 0.276.